The van der Waals surface area contributed by atoms with Crippen molar-refractivity contribution in [2.75, 3.05) is 6.54 Å². The predicted octanol–water partition coefficient (Wildman–Crippen LogP) is 1.60. The minimum absolute atomic E-state index is 0.241. The Balaban J connectivity index is 1.84. The van der Waals surface area contributed by atoms with E-state index in [-0.39, 0.29) is 18.1 Å². The van der Waals surface area contributed by atoms with Crippen molar-refractivity contribution < 1.29 is 18.8 Å². The summed E-state index contributed by atoms with van der Waals surface area (Å²) in [7, 11) is 0. The van der Waals surface area contributed by atoms with E-state index in [2.05, 4.69) is 15.8 Å². The minimum Gasteiger partial charge on any atom is -0.382 e. The van der Waals surface area contributed by atoms with E-state index in [1.54, 1.807) is 19.1 Å². The third-order valence-corrected chi connectivity index (χ3v) is 3.58. The third-order valence-electron chi connectivity index (χ3n) is 3.58. The Morgan fingerprint density at radius 2 is 1.96 bits per heavy atom. The quantitative estimate of drug-likeness (QED) is 0.829. The zero-order chi connectivity index (χ0) is 17.7. The fourth-order valence-electron chi connectivity index (χ4n) is 2.16. The van der Waals surface area contributed by atoms with Crippen molar-refractivity contribution in [3.05, 3.63) is 35.6 Å². The van der Waals surface area contributed by atoms with Gasteiger partial charge in [-0.05, 0) is 30.5 Å². The molecule has 0 saturated heterocycles. The summed E-state index contributed by atoms with van der Waals surface area (Å²) in [4.78, 5) is 29.2. The lowest BCUT2D eigenvalue weighted by Gasteiger charge is -2.16. The summed E-state index contributed by atoms with van der Waals surface area (Å²) in [6.45, 7) is 6.15. The maximum absolute atomic E-state index is 12.9. The van der Waals surface area contributed by atoms with Crippen molar-refractivity contribution in [2.24, 2.45) is 11.1 Å². The van der Waals surface area contributed by atoms with Crippen LogP contribution >= 0.6 is 0 Å². The molecule has 2 amide bonds. The van der Waals surface area contributed by atoms with E-state index < -0.39 is 18.1 Å². The van der Waals surface area contributed by atoms with Crippen LogP contribution in [0.3, 0.4) is 0 Å². The lowest BCUT2D eigenvalue weighted by molar-refractivity contribution is -0.135. The molecule has 0 saturated carbocycles. The Morgan fingerprint density at radius 1 is 1.29 bits per heavy atom. The van der Waals surface area contributed by atoms with Gasteiger partial charge in [0, 0.05) is 13.0 Å². The SMILES string of the molecule is CC(C)CNC(=O)C(C)NC(=O)C1CC(c2ccc(F)cc2)=NO1. The molecule has 7 heteroatoms. The minimum atomic E-state index is -0.787. The Labute approximate surface area is 140 Å². The largest absolute Gasteiger partial charge is 0.382 e. The average molecular weight is 335 g/mol. The molecule has 1 heterocycles. The van der Waals surface area contributed by atoms with Gasteiger partial charge in [0.25, 0.3) is 5.91 Å². The number of nitrogens with zero attached hydrogens (tertiary/aromatic N) is 1. The van der Waals surface area contributed by atoms with Crippen LogP contribution in [0.25, 0.3) is 0 Å². The molecule has 2 unspecified atom stereocenters. The molecule has 0 bridgehead atoms. The van der Waals surface area contributed by atoms with Crippen LogP contribution in [0.1, 0.15) is 32.8 Å². The van der Waals surface area contributed by atoms with Crippen molar-refractivity contribution in [1.82, 2.24) is 10.6 Å². The maximum Gasteiger partial charge on any atom is 0.264 e. The fourth-order valence-corrected chi connectivity index (χ4v) is 2.16. The number of benzene rings is 1. The molecule has 2 N–H and O–H groups in total. The van der Waals surface area contributed by atoms with Gasteiger partial charge in [0.2, 0.25) is 12.0 Å². The van der Waals surface area contributed by atoms with Crippen molar-refractivity contribution >= 4 is 17.5 Å². The van der Waals surface area contributed by atoms with Crippen LogP contribution in [0.15, 0.2) is 29.4 Å². The van der Waals surface area contributed by atoms with Gasteiger partial charge in [-0.2, -0.15) is 0 Å². The van der Waals surface area contributed by atoms with E-state index in [9.17, 15) is 14.0 Å². The van der Waals surface area contributed by atoms with Crippen LogP contribution in [0.5, 0.6) is 0 Å². The fraction of sp³-hybridized carbons (Fsp3) is 0.471. The Morgan fingerprint density at radius 3 is 2.58 bits per heavy atom. The molecule has 130 valence electrons. The summed E-state index contributed by atoms with van der Waals surface area (Å²) in [5.74, 6) is -0.645. The first-order valence-electron chi connectivity index (χ1n) is 7.93. The highest BCUT2D eigenvalue weighted by atomic mass is 19.1. The summed E-state index contributed by atoms with van der Waals surface area (Å²) in [5.41, 5.74) is 1.28. The van der Waals surface area contributed by atoms with Crippen LogP contribution in [0.2, 0.25) is 0 Å². The number of carbonyl (C=O) groups is 2. The van der Waals surface area contributed by atoms with Crippen LogP contribution in [0.4, 0.5) is 4.39 Å². The summed E-state index contributed by atoms with van der Waals surface area (Å²) >= 11 is 0. The number of hydrogen-bond donors (Lipinski definition) is 2. The Bertz CT molecular complexity index is 628. The Kier molecular flexibility index (Phi) is 5.89. The van der Waals surface area contributed by atoms with Gasteiger partial charge in [-0.25, -0.2) is 4.39 Å². The van der Waals surface area contributed by atoms with Gasteiger partial charge in [0.15, 0.2) is 0 Å². The molecule has 1 aliphatic heterocycles. The zero-order valence-electron chi connectivity index (χ0n) is 14.0. The highest BCUT2D eigenvalue weighted by Crippen LogP contribution is 2.17. The van der Waals surface area contributed by atoms with Crippen LogP contribution in [0, 0.1) is 11.7 Å². The molecule has 6 nitrogen and oxygen atoms in total. The second kappa shape index (κ2) is 7.90. The van der Waals surface area contributed by atoms with E-state index in [0.29, 0.717) is 23.7 Å². The Hall–Kier alpha value is -2.44. The zero-order valence-corrected chi connectivity index (χ0v) is 14.0. The monoisotopic (exact) mass is 335 g/mol. The van der Waals surface area contributed by atoms with E-state index in [1.165, 1.54) is 12.1 Å². The predicted molar refractivity (Wildman–Crippen MR) is 87.9 cm³/mol. The number of amides is 2. The number of oxime groups is 1. The highest BCUT2D eigenvalue weighted by Gasteiger charge is 2.30. The molecular formula is C17H22FN3O3. The molecule has 24 heavy (non-hydrogen) atoms. The number of halogens is 1. The van der Waals surface area contributed by atoms with E-state index in [1.807, 2.05) is 13.8 Å². The van der Waals surface area contributed by atoms with E-state index >= 15 is 0 Å². The van der Waals surface area contributed by atoms with Gasteiger partial charge >= 0.3 is 0 Å². The summed E-state index contributed by atoms with van der Waals surface area (Å²) in [6.07, 6.45) is -0.511. The highest BCUT2D eigenvalue weighted by molar-refractivity contribution is 6.04. The normalized spacial score (nSPS) is 17.9. The summed E-state index contributed by atoms with van der Waals surface area (Å²) < 4.78 is 12.9. The molecule has 2 rings (SSSR count). The first kappa shape index (κ1) is 17.9. The van der Waals surface area contributed by atoms with Crippen molar-refractivity contribution in [1.29, 1.82) is 0 Å². The van der Waals surface area contributed by atoms with Gasteiger partial charge in [-0.1, -0.05) is 31.1 Å². The van der Waals surface area contributed by atoms with Gasteiger partial charge in [0.1, 0.15) is 11.9 Å². The van der Waals surface area contributed by atoms with Crippen molar-refractivity contribution in [2.45, 2.75) is 39.3 Å². The van der Waals surface area contributed by atoms with Crippen LogP contribution in [-0.2, 0) is 14.4 Å². The topological polar surface area (TPSA) is 79.8 Å². The standard InChI is InChI=1S/C17H22FN3O3/c1-10(2)9-19-16(22)11(3)20-17(23)15-8-14(21-24-15)12-4-6-13(18)7-5-12/h4-7,10-11,15H,8-9H2,1-3H3,(H,19,22)(H,20,23). The molecule has 0 aliphatic carbocycles. The van der Waals surface area contributed by atoms with Gasteiger partial charge in [-0.3, -0.25) is 9.59 Å². The van der Waals surface area contributed by atoms with Crippen molar-refractivity contribution in [3.63, 3.8) is 0 Å². The molecule has 2 atom stereocenters. The van der Waals surface area contributed by atoms with Crippen LogP contribution in [-0.4, -0.2) is 36.2 Å². The second-order valence-electron chi connectivity index (χ2n) is 6.21. The lowest BCUT2D eigenvalue weighted by Crippen LogP contribution is -2.48. The molecule has 1 aliphatic rings. The van der Waals surface area contributed by atoms with Crippen molar-refractivity contribution in [3.8, 4) is 0 Å². The second-order valence-corrected chi connectivity index (χ2v) is 6.21. The molecule has 0 radical (unpaired) electrons. The third kappa shape index (κ3) is 4.78. The van der Waals surface area contributed by atoms with Crippen LogP contribution < -0.4 is 10.6 Å². The summed E-state index contributed by atoms with van der Waals surface area (Å²) in [6, 6.07) is 5.16. The maximum atomic E-state index is 12.9. The first-order valence-corrected chi connectivity index (χ1v) is 7.93. The smallest absolute Gasteiger partial charge is 0.264 e. The molecule has 1 aromatic carbocycles. The van der Waals surface area contributed by atoms with Gasteiger partial charge in [-0.15, -0.1) is 0 Å². The molecule has 0 spiro atoms. The van der Waals surface area contributed by atoms with Gasteiger partial charge < -0.3 is 15.5 Å². The summed E-state index contributed by atoms with van der Waals surface area (Å²) in [5, 5.41) is 9.26. The van der Waals surface area contributed by atoms with E-state index in [0.717, 1.165) is 0 Å². The molecule has 1 aromatic rings. The lowest BCUT2D eigenvalue weighted by atomic mass is 10.0. The number of hydrogen-bond acceptors (Lipinski definition) is 4. The molecule has 0 fully saturated rings. The average Bonchev–Trinajstić information content (AvgIpc) is 3.03. The first-order chi connectivity index (χ1) is 11.4. The van der Waals surface area contributed by atoms with Gasteiger partial charge in [0.05, 0.1) is 5.71 Å². The molecular weight excluding hydrogens is 313 g/mol. The number of rotatable bonds is 6. The van der Waals surface area contributed by atoms with E-state index in [4.69, 9.17) is 4.84 Å². The number of nitrogens with one attached hydrogen (secondary N) is 2. The number of carbonyl (C=O) groups excluding carboxylic acids is 2. The molecule has 0 aromatic heterocycles.